The zero-order valence-corrected chi connectivity index (χ0v) is 17.1. The standard InChI is InChI=1S/C10H8O8S2.2Na/c11-8-3-6(19(13,14)15)1-5-2-7(20(16,17)18)4-9(12)10(5)8;;/h1-4,11-12H,(H,13,14,15)(H,16,17,18);;/q;2*+1/p-2. The van der Waals surface area contributed by atoms with Crippen molar-refractivity contribution in [1.82, 2.24) is 0 Å². The predicted molar refractivity (Wildman–Crippen MR) is 63.2 cm³/mol. The van der Waals surface area contributed by atoms with Crippen LogP contribution in [0.2, 0.25) is 0 Å². The normalized spacial score (nSPS) is 11.5. The molecule has 2 aromatic carbocycles. The maximum absolute atomic E-state index is 10.9. The number of hydrogen-bond acceptors (Lipinski definition) is 8. The van der Waals surface area contributed by atoms with Gasteiger partial charge in [-0.2, -0.15) is 0 Å². The number of fused-ring (bicyclic) bond motifs is 1. The van der Waals surface area contributed by atoms with Crippen molar-refractivity contribution in [2.45, 2.75) is 9.79 Å². The van der Waals surface area contributed by atoms with Gasteiger partial charge in [0.25, 0.3) is 0 Å². The first-order valence-corrected chi connectivity index (χ1v) is 7.73. The van der Waals surface area contributed by atoms with Gasteiger partial charge in [-0.1, -0.05) is 0 Å². The molecule has 0 saturated carbocycles. The topological polar surface area (TPSA) is 155 Å². The number of rotatable bonds is 2. The maximum Gasteiger partial charge on any atom is 1.00 e. The molecule has 22 heavy (non-hydrogen) atoms. The molecule has 0 aliphatic carbocycles. The van der Waals surface area contributed by atoms with Gasteiger partial charge in [0.1, 0.15) is 31.7 Å². The number of hydrogen-bond donors (Lipinski definition) is 2. The number of phenolic OH excluding ortho intramolecular Hbond substituents is 2. The molecule has 0 aliphatic rings. The molecule has 0 spiro atoms. The van der Waals surface area contributed by atoms with Gasteiger partial charge in [-0.3, -0.25) is 0 Å². The SMILES string of the molecule is O=S(=O)([O-])c1cc(O)c2c(O)cc(S(=O)(=O)[O-])cc2c1.[Na+].[Na+]. The smallest absolute Gasteiger partial charge is 0.744 e. The summed E-state index contributed by atoms with van der Waals surface area (Å²) in [5.74, 6) is -1.46. The second kappa shape index (κ2) is 7.34. The summed E-state index contributed by atoms with van der Waals surface area (Å²) in [5.41, 5.74) is 0. The molecule has 0 aromatic heterocycles. The van der Waals surface area contributed by atoms with E-state index in [0.717, 1.165) is 12.1 Å². The number of aromatic hydroxyl groups is 2. The van der Waals surface area contributed by atoms with Gasteiger partial charge in [-0.25, -0.2) is 16.8 Å². The van der Waals surface area contributed by atoms with Crippen molar-refractivity contribution >= 4 is 31.0 Å². The fourth-order valence-electron chi connectivity index (χ4n) is 1.71. The van der Waals surface area contributed by atoms with Crippen molar-refractivity contribution in [3.05, 3.63) is 24.3 Å². The van der Waals surface area contributed by atoms with E-state index in [0.29, 0.717) is 12.1 Å². The number of benzene rings is 2. The van der Waals surface area contributed by atoms with Crippen LogP contribution in [0.5, 0.6) is 11.5 Å². The second-order valence-corrected chi connectivity index (χ2v) is 6.65. The van der Waals surface area contributed by atoms with E-state index < -0.39 is 41.5 Å². The Bertz CT molecular complexity index is 849. The van der Waals surface area contributed by atoms with Crippen LogP contribution in [-0.2, 0) is 20.2 Å². The molecule has 0 atom stereocenters. The van der Waals surface area contributed by atoms with E-state index in [4.69, 9.17) is 0 Å². The predicted octanol–water partition coefficient (Wildman–Crippen LogP) is -5.93. The molecule has 0 fully saturated rings. The van der Waals surface area contributed by atoms with E-state index in [9.17, 15) is 36.2 Å². The molecule has 2 aromatic rings. The zero-order chi connectivity index (χ0) is 15.3. The van der Waals surface area contributed by atoms with Crippen molar-refractivity contribution in [3.8, 4) is 11.5 Å². The summed E-state index contributed by atoms with van der Waals surface area (Å²) >= 11 is 0. The third kappa shape index (κ3) is 4.57. The van der Waals surface area contributed by atoms with Crippen LogP contribution in [0.3, 0.4) is 0 Å². The van der Waals surface area contributed by atoms with Crippen molar-refractivity contribution in [2.75, 3.05) is 0 Å². The summed E-state index contributed by atoms with van der Waals surface area (Å²) in [6.07, 6.45) is 0. The quantitative estimate of drug-likeness (QED) is 0.394. The summed E-state index contributed by atoms with van der Waals surface area (Å²) in [6, 6.07) is 2.75. The largest absolute Gasteiger partial charge is 1.00 e. The molecule has 0 saturated heterocycles. The first kappa shape index (κ1) is 22.1. The Hall–Kier alpha value is 0.120. The summed E-state index contributed by atoms with van der Waals surface area (Å²) in [5, 5.41) is 18.7. The van der Waals surface area contributed by atoms with Crippen LogP contribution in [0.25, 0.3) is 10.8 Å². The molecular formula is C10H6Na2O8S2. The fraction of sp³-hybridized carbons (Fsp3) is 0. The van der Waals surface area contributed by atoms with Crippen LogP contribution in [0.15, 0.2) is 34.1 Å². The Kier molecular flexibility index (Phi) is 7.38. The van der Waals surface area contributed by atoms with Gasteiger partial charge in [-0.05, 0) is 29.7 Å². The molecule has 0 unspecified atom stereocenters. The summed E-state index contributed by atoms with van der Waals surface area (Å²) in [7, 11) is -9.79. The monoisotopic (exact) mass is 364 g/mol. The average molecular weight is 364 g/mol. The molecule has 0 aliphatic heterocycles. The Labute approximate surface area is 170 Å². The van der Waals surface area contributed by atoms with E-state index in [2.05, 4.69) is 0 Å². The molecule has 108 valence electrons. The minimum Gasteiger partial charge on any atom is -0.744 e. The van der Waals surface area contributed by atoms with Crippen LogP contribution in [0.1, 0.15) is 0 Å². The van der Waals surface area contributed by atoms with E-state index >= 15 is 0 Å². The fourth-order valence-corrected chi connectivity index (χ4v) is 2.76. The minimum absolute atomic E-state index is 0. The van der Waals surface area contributed by atoms with Crippen molar-refractivity contribution < 1.29 is 95.3 Å². The Balaban J connectivity index is 0.00000220. The molecule has 8 nitrogen and oxygen atoms in total. The van der Waals surface area contributed by atoms with Crippen LogP contribution >= 0.6 is 0 Å². The second-order valence-electron chi connectivity index (χ2n) is 3.89. The maximum atomic E-state index is 10.9. The van der Waals surface area contributed by atoms with Gasteiger partial charge < -0.3 is 19.3 Å². The van der Waals surface area contributed by atoms with Crippen LogP contribution in [0.4, 0.5) is 0 Å². The molecular weight excluding hydrogens is 358 g/mol. The Morgan fingerprint density at radius 3 is 1.32 bits per heavy atom. The zero-order valence-electron chi connectivity index (χ0n) is 11.5. The van der Waals surface area contributed by atoms with Crippen LogP contribution in [0, 0.1) is 0 Å². The Morgan fingerprint density at radius 2 is 1.05 bits per heavy atom. The van der Waals surface area contributed by atoms with Gasteiger partial charge in [0.15, 0.2) is 0 Å². The summed E-state index contributed by atoms with van der Waals surface area (Å²) in [6.45, 7) is 0. The van der Waals surface area contributed by atoms with Crippen molar-refractivity contribution in [3.63, 3.8) is 0 Å². The van der Waals surface area contributed by atoms with Gasteiger partial charge in [0, 0.05) is 0 Å². The molecule has 0 heterocycles. The van der Waals surface area contributed by atoms with Crippen molar-refractivity contribution in [1.29, 1.82) is 0 Å². The minimum atomic E-state index is -4.90. The first-order chi connectivity index (χ1) is 9.00. The molecule has 12 heteroatoms. The molecule has 2 N–H and O–H groups in total. The summed E-state index contributed by atoms with van der Waals surface area (Å²) < 4.78 is 65.3. The molecule has 0 bridgehead atoms. The molecule has 0 radical (unpaired) electrons. The van der Waals surface area contributed by atoms with Gasteiger partial charge in [0.05, 0.1) is 15.2 Å². The molecule has 0 amide bonds. The van der Waals surface area contributed by atoms with Crippen LogP contribution in [-0.4, -0.2) is 36.2 Å². The van der Waals surface area contributed by atoms with Gasteiger partial charge in [0.2, 0.25) is 0 Å². The van der Waals surface area contributed by atoms with E-state index in [1.807, 2.05) is 0 Å². The third-order valence-electron chi connectivity index (χ3n) is 2.53. The van der Waals surface area contributed by atoms with E-state index in [-0.39, 0.29) is 69.9 Å². The average Bonchev–Trinajstić information content (AvgIpc) is 2.25. The number of phenols is 2. The van der Waals surface area contributed by atoms with Crippen molar-refractivity contribution in [2.24, 2.45) is 0 Å². The van der Waals surface area contributed by atoms with Crippen LogP contribution < -0.4 is 59.1 Å². The van der Waals surface area contributed by atoms with Gasteiger partial charge in [-0.15, -0.1) is 0 Å². The Morgan fingerprint density at radius 1 is 0.727 bits per heavy atom. The first-order valence-electron chi connectivity index (χ1n) is 4.91. The summed E-state index contributed by atoms with van der Waals surface area (Å²) in [4.78, 5) is -1.63. The molecule has 2 rings (SSSR count). The van der Waals surface area contributed by atoms with E-state index in [1.165, 1.54) is 0 Å². The third-order valence-corrected chi connectivity index (χ3v) is 4.16. The van der Waals surface area contributed by atoms with Gasteiger partial charge >= 0.3 is 59.1 Å². The van der Waals surface area contributed by atoms with E-state index in [1.54, 1.807) is 0 Å².